The van der Waals surface area contributed by atoms with Crippen LogP contribution in [0.3, 0.4) is 0 Å². The minimum atomic E-state index is -0.451. The number of fused-ring (bicyclic) bond motifs is 6. The summed E-state index contributed by atoms with van der Waals surface area (Å²) in [5.41, 5.74) is 2.66. The topological polar surface area (TPSA) is 0 Å². The highest BCUT2D eigenvalue weighted by atomic mass is 14.2. The third-order valence-corrected chi connectivity index (χ3v) is 7.26. The average Bonchev–Trinajstić information content (AvgIpc) is 3.48. The van der Waals surface area contributed by atoms with Gasteiger partial charge in [0.05, 0.1) is 15.1 Å². The maximum Gasteiger partial charge on any atom is 0.0636 e. The molecule has 0 bridgehead atoms. The zero-order chi connectivity index (χ0) is 33.9. The van der Waals surface area contributed by atoms with E-state index in [0.29, 0.717) is 32.7 Å². The van der Waals surface area contributed by atoms with E-state index < -0.39 is 12.1 Å². The predicted molar refractivity (Wildman–Crippen MR) is 158 cm³/mol. The molecule has 0 heterocycles. The summed E-state index contributed by atoms with van der Waals surface area (Å²) >= 11 is 0. The van der Waals surface area contributed by atoms with Gasteiger partial charge in [-0.25, -0.2) is 0 Å². The van der Waals surface area contributed by atoms with Gasteiger partial charge in [0.25, 0.3) is 0 Å². The quantitative estimate of drug-likeness (QED) is 0.216. The Balaban J connectivity index is 1.60. The van der Waals surface area contributed by atoms with Gasteiger partial charge in [0.15, 0.2) is 0 Å². The minimum Gasteiger partial charge on any atom is -0.0619 e. The summed E-state index contributed by atoms with van der Waals surface area (Å²) in [6.45, 7) is 0. The maximum absolute atomic E-state index is 9.57. The summed E-state index contributed by atoms with van der Waals surface area (Å²) in [4.78, 5) is 0. The Morgan fingerprint density at radius 3 is 1.89 bits per heavy atom. The van der Waals surface area contributed by atoms with Gasteiger partial charge >= 0.3 is 0 Å². The maximum atomic E-state index is 9.57. The van der Waals surface area contributed by atoms with E-state index in [9.17, 15) is 2.74 Å². The van der Waals surface area contributed by atoms with Gasteiger partial charge < -0.3 is 0 Å². The van der Waals surface area contributed by atoms with E-state index in [1.807, 2.05) is 42.5 Å². The van der Waals surface area contributed by atoms with Crippen LogP contribution in [0.25, 0.3) is 65.7 Å². The molecule has 0 spiro atoms. The van der Waals surface area contributed by atoms with Gasteiger partial charge in [0.2, 0.25) is 0 Å². The predicted octanol–water partition coefficient (Wildman–Crippen LogP) is 10.1. The molecule has 0 saturated heterocycles. The van der Waals surface area contributed by atoms with Crippen LogP contribution in [0.5, 0.6) is 0 Å². The fourth-order valence-electron chi connectivity index (χ4n) is 5.65. The van der Waals surface area contributed by atoms with Crippen LogP contribution in [0, 0.1) is 0 Å². The van der Waals surface area contributed by atoms with E-state index >= 15 is 0 Å². The monoisotopic (exact) mass is 479 g/mol. The summed E-state index contributed by atoms with van der Waals surface area (Å²) in [5.74, 6) is 0. The van der Waals surface area contributed by atoms with E-state index in [1.54, 1.807) is 12.1 Å². The van der Waals surface area contributed by atoms with E-state index in [0.717, 1.165) is 16.3 Å². The molecule has 0 nitrogen and oxygen atoms in total. The van der Waals surface area contributed by atoms with Crippen molar-refractivity contribution in [2.75, 3.05) is 0 Å². The Morgan fingerprint density at radius 1 is 0.459 bits per heavy atom. The molecule has 0 unspecified atom stereocenters. The summed E-state index contributed by atoms with van der Waals surface area (Å²) in [6.07, 6.45) is -0.0158. The second-order valence-corrected chi connectivity index (χ2v) is 9.22. The van der Waals surface area contributed by atoms with Crippen LogP contribution in [0.2, 0.25) is 0 Å². The van der Waals surface area contributed by atoms with Gasteiger partial charge in [-0.1, -0.05) is 127 Å². The standard InChI is InChI=1S/C37H24/c1-3-13-28-24(10-1)12-9-19-30(28)37-33-17-7-5-15-31(33)36(32-16-6-8-18-34(32)37)27-21-20-26-22-25-11-2-4-14-29(25)35(26)23-27/h1-21,23H,22H2/i2D,4D,5D,6D,7D,8D,11D,14D,20D,21D,23D. The molecule has 0 radical (unpaired) electrons. The minimum absolute atomic E-state index is 0.0158. The van der Waals surface area contributed by atoms with Crippen LogP contribution in [0.1, 0.15) is 26.2 Å². The van der Waals surface area contributed by atoms with Gasteiger partial charge in [-0.15, -0.1) is 0 Å². The lowest BCUT2D eigenvalue weighted by molar-refractivity contribution is 1.26. The van der Waals surface area contributed by atoms with Crippen LogP contribution < -0.4 is 0 Å². The highest BCUT2D eigenvalue weighted by molar-refractivity contribution is 6.23. The van der Waals surface area contributed by atoms with Crippen molar-refractivity contribution in [3.05, 3.63) is 144 Å². The van der Waals surface area contributed by atoms with Gasteiger partial charge in [-0.2, -0.15) is 0 Å². The van der Waals surface area contributed by atoms with E-state index in [4.69, 9.17) is 12.3 Å². The molecule has 0 aliphatic heterocycles. The Labute approximate surface area is 231 Å². The van der Waals surface area contributed by atoms with Crippen molar-refractivity contribution in [2.24, 2.45) is 0 Å². The Kier molecular flexibility index (Phi) is 2.68. The number of hydrogen-bond acceptors (Lipinski definition) is 0. The van der Waals surface area contributed by atoms with Gasteiger partial charge in [0.1, 0.15) is 0 Å². The lowest BCUT2D eigenvalue weighted by Gasteiger charge is -2.19. The van der Waals surface area contributed by atoms with Crippen molar-refractivity contribution in [1.82, 2.24) is 0 Å². The molecule has 7 aromatic rings. The van der Waals surface area contributed by atoms with Crippen molar-refractivity contribution in [3.63, 3.8) is 0 Å². The lowest BCUT2D eigenvalue weighted by Crippen LogP contribution is -1.92. The van der Waals surface area contributed by atoms with Crippen molar-refractivity contribution in [1.29, 1.82) is 0 Å². The first-order chi connectivity index (χ1) is 22.9. The SMILES string of the molecule is [2H]c1cc2c(-c3c([2H])c([2H])c4c(c3[2H])-c3c([2H])c([2H])c([2H])c([2H])c3C4)c3cc([2H])c([2H])cc3c(-c3cccc4ccccc34)c2cc1[2H]. The Bertz CT molecular complexity index is 2530. The fraction of sp³-hybridized carbons (Fsp3) is 0.0270. The third-order valence-electron chi connectivity index (χ3n) is 7.26. The van der Waals surface area contributed by atoms with Gasteiger partial charge in [-0.05, 0) is 89.3 Å². The molecule has 0 atom stereocenters. The van der Waals surface area contributed by atoms with Crippen molar-refractivity contribution in [3.8, 4) is 33.4 Å². The summed E-state index contributed by atoms with van der Waals surface area (Å²) in [7, 11) is 0. The smallest absolute Gasteiger partial charge is 0.0619 e. The molecule has 0 saturated carbocycles. The molecule has 0 amide bonds. The molecule has 0 fully saturated rings. The van der Waals surface area contributed by atoms with E-state index in [-0.39, 0.29) is 88.6 Å². The van der Waals surface area contributed by atoms with Crippen molar-refractivity contribution in [2.45, 2.75) is 6.42 Å². The zero-order valence-electron chi connectivity index (χ0n) is 30.6. The molecule has 0 N–H and O–H groups in total. The number of benzene rings is 7. The van der Waals surface area contributed by atoms with Crippen LogP contribution >= 0.6 is 0 Å². The van der Waals surface area contributed by atoms with Crippen molar-refractivity contribution >= 4 is 32.3 Å². The summed E-state index contributed by atoms with van der Waals surface area (Å²) in [6, 6.07) is 17.4. The first kappa shape index (κ1) is 12.5. The highest BCUT2D eigenvalue weighted by Gasteiger charge is 2.21. The highest BCUT2D eigenvalue weighted by Crippen LogP contribution is 2.46. The van der Waals surface area contributed by atoms with Crippen LogP contribution in [-0.2, 0) is 6.42 Å². The van der Waals surface area contributed by atoms with E-state index in [2.05, 4.69) is 0 Å². The number of rotatable bonds is 2. The zero-order valence-corrected chi connectivity index (χ0v) is 19.6. The molecule has 1 aliphatic carbocycles. The second kappa shape index (κ2) is 7.91. The van der Waals surface area contributed by atoms with Gasteiger partial charge in [0, 0.05) is 0 Å². The second-order valence-electron chi connectivity index (χ2n) is 9.22. The largest absolute Gasteiger partial charge is 0.0636 e. The van der Waals surface area contributed by atoms with E-state index in [1.165, 1.54) is 12.1 Å². The first-order valence-electron chi connectivity index (χ1n) is 17.6. The molecular weight excluding hydrogens is 444 g/mol. The molecule has 0 aromatic heterocycles. The normalized spacial score (nSPS) is 16.4. The Hall–Kier alpha value is -4.68. The van der Waals surface area contributed by atoms with Crippen LogP contribution in [0.15, 0.2) is 133 Å². The Morgan fingerprint density at radius 2 is 1.11 bits per heavy atom. The molecule has 172 valence electrons. The molecule has 8 rings (SSSR count). The van der Waals surface area contributed by atoms with Crippen LogP contribution in [-0.4, -0.2) is 0 Å². The average molecular weight is 480 g/mol. The fourth-order valence-corrected chi connectivity index (χ4v) is 5.65. The molecular formula is C37H24. The molecule has 37 heavy (non-hydrogen) atoms. The molecule has 7 aromatic carbocycles. The first-order valence-corrected chi connectivity index (χ1v) is 12.1. The summed E-state index contributed by atoms with van der Waals surface area (Å²) < 4.78 is 96.3. The molecule has 1 aliphatic rings. The van der Waals surface area contributed by atoms with Crippen molar-refractivity contribution < 1.29 is 15.1 Å². The number of hydrogen-bond donors (Lipinski definition) is 0. The van der Waals surface area contributed by atoms with Gasteiger partial charge in [-0.3, -0.25) is 0 Å². The molecule has 0 heteroatoms. The summed E-state index contributed by atoms with van der Waals surface area (Å²) in [5, 5.41) is 3.82. The van der Waals surface area contributed by atoms with Crippen LogP contribution in [0.4, 0.5) is 0 Å². The lowest BCUT2D eigenvalue weighted by atomic mass is 9.84. The third kappa shape index (κ3) is 3.03.